The van der Waals surface area contributed by atoms with Crippen molar-refractivity contribution in [1.82, 2.24) is 15.6 Å². The van der Waals surface area contributed by atoms with Crippen molar-refractivity contribution >= 4 is 5.96 Å². The summed E-state index contributed by atoms with van der Waals surface area (Å²) in [7, 11) is 1.63. The van der Waals surface area contributed by atoms with Crippen LogP contribution in [0.15, 0.2) is 33.7 Å². The molecule has 0 aliphatic rings. The molecule has 0 spiro atoms. The molecule has 142 valence electrons. The van der Waals surface area contributed by atoms with Crippen molar-refractivity contribution in [3.05, 3.63) is 41.6 Å². The quantitative estimate of drug-likeness (QED) is 0.557. The van der Waals surface area contributed by atoms with E-state index in [2.05, 4.69) is 20.6 Å². The van der Waals surface area contributed by atoms with Gasteiger partial charge in [-0.25, -0.2) is 9.98 Å². The maximum Gasteiger partial charge on any atom is 0.216 e. The number of aliphatic imine (C=N–C) groups is 1. The van der Waals surface area contributed by atoms with Crippen LogP contribution in [0, 0.1) is 13.8 Å². The molecule has 0 fully saturated rings. The van der Waals surface area contributed by atoms with Gasteiger partial charge in [0.15, 0.2) is 17.5 Å². The van der Waals surface area contributed by atoms with Crippen LogP contribution in [0.5, 0.6) is 11.5 Å². The smallest absolute Gasteiger partial charge is 0.216 e. The van der Waals surface area contributed by atoms with Gasteiger partial charge in [0.1, 0.15) is 18.4 Å². The van der Waals surface area contributed by atoms with E-state index >= 15 is 0 Å². The zero-order valence-electron chi connectivity index (χ0n) is 16.1. The lowest BCUT2D eigenvalue weighted by atomic mass is 10.3. The van der Waals surface area contributed by atoms with Crippen LogP contribution in [0.2, 0.25) is 0 Å². The second-order valence-corrected chi connectivity index (χ2v) is 5.90. The number of aromatic nitrogens is 1. The van der Waals surface area contributed by atoms with Gasteiger partial charge in [0.05, 0.1) is 19.3 Å². The van der Waals surface area contributed by atoms with E-state index in [0.29, 0.717) is 24.9 Å². The molecule has 0 radical (unpaired) electrons. The number of benzene rings is 1. The van der Waals surface area contributed by atoms with Crippen LogP contribution >= 0.6 is 0 Å². The molecular weight excluding hydrogens is 332 g/mol. The molecule has 0 aliphatic heterocycles. The minimum atomic E-state index is -0.0682. The Morgan fingerprint density at radius 1 is 1.23 bits per heavy atom. The monoisotopic (exact) mass is 360 g/mol. The second kappa shape index (κ2) is 9.70. The summed E-state index contributed by atoms with van der Waals surface area (Å²) in [5.41, 5.74) is 0.895. The fraction of sp³-hybridized carbons (Fsp3) is 0.474. The number of nitrogens with one attached hydrogen (secondary N) is 2. The second-order valence-electron chi connectivity index (χ2n) is 5.90. The van der Waals surface area contributed by atoms with Crippen molar-refractivity contribution in [3.63, 3.8) is 0 Å². The summed E-state index contributed by atoms with van der Waals surface area (Å²) < 4.78 is 16.8. The molecule has 0 amide bonds. The van der Waals surface area contributed by atoms with Crippen molar-refractivity contribution < 1.29 is 13.9 Å². The lowest BCUT2D eigenvalue weighted by molar-refractivity contribution is 0.213. The van der Waals surface area contributed by atoms with Gasteiger partial charge in [0, 0.05) is 6.54 Å². The lowest BCUT2D eigenvalue weighted by Crippen LogP contribution is -2.41. The molecule has 2 N–H and O–H groups in total. The van der Waals surface area contributed by atoms with Crippen molar-refractivity contribution in [3.8, 4) is 11.5 Å². The third-order valence-corrected chi connectivity index (χ3v) is 3.74. The van der Waals surface area contributed by atoms with E-state index in [9.17, 15) is 0 Å². The average molecular weight is 360 g/mol. The highest BCUT2D eigenvalue weighted by atomic mass is 16.5. The Morgan fingerprint density at radius 2 is 1.96 bits per heavy atom. The predicted molar refractivity (Wildman–Crippen MR) is 102 cm³/mol. The summed E-state index contributed by atoms with van der Waals surface area (Å²) in [5.74, 6) is 3.56. The van der Waals surface area contributed by atoms with Gasteiger partial charge in [-0.15, -0.1) is 0 Å². The molecular formula is C19H28N4O3. The van der Waals surface area contributed by atoms with E-state index in [1.165, 1.54) is 0 Å². The molecule has 7 nitrogen and oxygen atoms in total. The number of guanidine groups is 1. The number of oxazole rings is 1. The number of aryl methyl sites for hydroxylation is 2. The Bertz CT molecular complexity index is 708. The number of methoxy groups -OCH3 is 1. The fourth-order valence-corrected chi connectivity index (χ4v) is 2.31. The van der Waals surface area contributed by atoms with Crippen LogP contribution in [-0.2, 0) is 6.54 Å². The molecule has 0 aliphatic carbocycles. The molecule has 0 saturated carbocycles. The topological polar surface area (TPSA) is 80.9 Å². The summed E-state index contributed by atoms with van der Waals surface area (Å²) >= 11 is 0. The third kappa shape index (κ3) is 5.68. The van der Waals surface area contributed by atoms with Crippen LogP contribution < -0.4 is 20.1 Å². The lowest BCUT2D eigenvalue weighted by Gasteiger charge is -2.18. The molecule has 2 rings (SSSR count). The number of para-hydroxylation sites is 2. The van der Waals surface area contributed by atoms with Gasteiger partial charge < -0.3 is 24.5 Å². The number of ether oxygens (including phenoxy) is 2. The molecule has 0 bridgehead atoms. The first-order valence-corrected chi connectivity index (χ1v) is 8.78. The SMILES string of the molecule is CCNC(=NCc1nc(C)c(C)o1)NCC(C)Oc1ccccc1OC. The molecule has 1 atom stereocenters. The molecule has 1 heterocycles. The van der Waals surface area contributed by atoms with Gasteiger partial charge in [0.2, 0.25) is 5.89 Å². The molecule has 2 aromatic rings. The minimum absolute atomic E-state index is 0.0682. The van der Waals surface area contributed by atoms with Crippen molar-refractivity contribution in [2.45, 2.75) is 40.3 Å². The Balaban J connectivity index is 1.91. The van der Waals surface area contributed by atoms with Gasteiger partial charge in [0.25, 0.3) is 0 Å². The molecule has 0 saturated heterocycles. The normalized spacial score (nSPS) is 12.6. The highest BCUT2D eigenvalue weighted by molar-refractivity contribution is 5.79. The largest absolute Gasteiger partial charge is 0.493 e. The zero-order valence-corrected chi connectivity index (χ0v) is 16.1. The maximum atomic E-state index is 5.95. The van der Waals surface area contributed by atoms with E-state index in [0.717, 1.165) is 29.5 Å². The maximum absolute atomic E-state index is 5.95. The minimum Gasteiger partial charge on any atom is -0.493 e. The zero-order chi connectivity index (χ0) is 18.9. The van der Waals surface area contributed by atoms with Crippen LogP contribution in [-0.4, -0.2) is 37.2 Å². The van der Waals surface area contributed by atoms with E-state index in [4.69, 9.17) is 13.9 Å². The summed E-state index contributed by atoms with van der Waals surface area (Å²) in [6, 6.07) is 7.60. The molecule has 26 heavy (non-hydrogen) atoms. The Morgan fingerprint density at radius 3 is 2.58 bits per heavy atom. The number of hydrogen-bond acceptors (Lipinski definition) is 5. The average Bonchev–Trinajstić information content (AvgIpc) is 2.95. The van der Waals surface area contributed by atoms with Crippen LogP contribution in [0.3, 0.4) is 0 Å². The number of hydrogen-bond donors (Lipinski definition) is 2. The molecule has 7 heteroatoms. The van der Waals surface area contributed by atoms with Gasteiger partial charge in [-0.1, -0.05) is 12.1 Å². The Hall–Kier alpha value is -2.70. The Kier molecular flexibility index (Phi) is 7.32. The fourth-order valence-electron chi connectivity index (χ4n) is 2.31. The van der Waals surface area contributed by atoms with Crippen molar-refractivity contribution in [2.24, 2.45) is 4.99 Å². The van der Waals surface area contributed by atoms with Crippen LogP contribution in [0.4, 0.5) is 0 Å². The first kappa shape index (κ1) is 19.6. The summed E-state index contributed by atoms with van der Waals surface area (Å²) in [6.07, 6.45) is -0.0682. The van der Waals surface area contributed by atoms with Gasteiger partial charge in [-0.3, -0.25) is 0 Å². The summed E-state index contributed by atoms with van der Waals surface area (Å²) in [5, 5.41) is 6.48. The van der Waals surface area contributed by atoms with Gasteiger partial charge in [-0.2, -0.15) is 0 Å². The third-order valence-electron chi connectivity index (χ3n) is 3.74. The van der Waals surface area contributed by atoms with Crippen molar-refractivity contribution in [2.75, 3.05) is 20.2 Å². The Labute approximate surface area is 154 Å². The molecule has 1 aromatic heterocycles. The van der Waals surface area contributed by atoms with Crippen molar-refractivity contribution in [1.29, 1.82) is 0 Å². The highest BCUT2D eigenvalue weighted by Gasteiger charge is 2.10. The van der Waals surface area contributed by atoms with Gasteiger partial charge >= 0.3 is 0 Å². The van der Waals surface area contributed by atoms with Crippen LogP contribution in [0.1, 0.15) is 31.2 Å². The molecule has 1 unspecified atom stereocenters. The van der Waals surface area contributed by atoms with Gasteiger partial charge in [-0.05, 0) is 39.8 Å². The highest BCUT2D eigenvalue weighted by Crippen LogP contribution is 2.26. The summed E-state index contributed by atoms with van der Waals surface area (Å²) in [6.45, 7) is 9.56. The van der Waals surface area contributed by atoms with E-state index in [1.807, 2.05) is 52.0 Å². The van der Waals surface area contributed by atoms with E-state index in [1.54, 1.807) is 7.11 Å². The first-order chi connectivity index (χ1) is 12.5. The number of rotatable bonds is 8. The predicted octanol–water partition coefficient (Wildman–Crippen LogP) is 2.82. The van der Waals surface area contributed by atoms with Crippen LogP contribution in [0.25, 0.3) is 0 Å². The van der Waals surface area contributed by atoms with E-state index < -0.39 is 0 Å². The number of nitrogens with zero attached hydrogens (tertiary/aromatic N) is 2. The summed E-state index contributed by atoms with van der Waals surface area (Å²) in [4.78, 5) is 8.85. The van der Waals surface area contributed by atoms with E-state index in [-0.39, 0.29) is 6.10 Å². The molecule has 1 aromatic carbocycles. The first-order valence-electron chi connectivity index (χ1n) is 8.78. The standard InChI is InChI=1S/C19H28N4O3/c1-6-20-19(22-12-18-23-14(3)15(4)26-18)21-11-13(2)25-17-10-8-7-9-16(17)24-5/h7-10,13H,6,11-12H2,1-5H3,(H2,20,21,22).